The van der Waals surface area contributed by atoms with E-state index in [2.05, 4.69) is 9.98 Å². The van der Waals surface area contributed by atoms with Crippen LogP contribution in [0.3, 0.4) is 0 Å². The highest BCUT2D eigenvalue weighted by Crippen LogP contribution is 2.37. The molecule has 0 heterocycles. The van der Waals surface area contributed by atoms with Crippen molar-refractivity contribution in [3.63, 3.8) is 0 Å². The monoisotopic (exact) mass is 416 g/mol. The highest BCUT2D eigenvalue weighted by Gasteiger charge is 2.37. The summed E-state index contributed by atoms with van der Waals surface area (Å²) < 4.78 is 0. The molecule has 0 aromatic heterocycles. The topological polar surface area (TPSA) is 99.3 Å². The number of allylic oxidation sites excluding steroid dienone is 4. The first-order chi connectivity index (χ1) is 13.9. The zero-order chi connectivity index (χ0) is 22.7. The molecule has 0 unspecified atom stereocenters. The first kappa shape index (κ1) is 24.0. The molecule has 6 nitrogen and oxygen atoms in total. The van der Waals surface area contributed by atoms with Crippen LogP contribution in [0.15, 0.2) is 32.6 Å². The number of aliphatic hydroxyl groups is 2. The van der Waals surface area contributed by atoms with Gasteiger partial charge < -0.3 is 10.2 Å². The minimum atomic E-state index is -0.146. The third kappa shape index (κ3) is 5.67. The van der Waals surface area contributed by atoms with Crippen LogP contribution in [-0.4, -0.2) is 47.3 Å². The number of carbonyl (C=O) groups is 2. The average Bonchev–Trinajstić information content (AvgIpc) is 2.61. The number of unbranched alkanes of at least 4 members (excludes halogenated alkanes) is 1. The molecule has 0 saturated heterocycles. The van der Waals surface area contributed by atoms with Crippen molar-refractivity contribution in [2.24, 2.45) is 20.8 Å². The zero-order valence-corrected chi connectivity index (χ0v) is 19.3. The number of hydrogen-bond acceptors (Lipinski definition) is 6. The molecule has 2 aliphatic rings. The normalized spacial score (nSPS) is 27.5. The van der Waals surface area contributed by atoms with E-state index in [9.17, 15) is 19.8 Å². The predicted octanol–water partition coefficient (Wildman–Crippen LogP) is 5.09. The van der Waals surface area contributed by atoms with Gasteiger partial charge in [0.15, 0.2) is 11.6 Å². The Hall–Kier alpha value is -2.24. The van der Waals surface area contributed by atoms with Crippen LogP contribution in [0.5, 0.6) is 0 Å². The molecule has 0 atom stereocenters. The molecule has 0 bridgehead atoms. The lowest BCUT2D eigenvalue weighted by atomic mass is 9.73. The van der Waals surface area contributed by atoms with Crippen molar-refractivity contribution in [3.05, 3.63) is 22.7 Å². The molecule has 0 aliphatic heterocycles. The van der Waals surface area contributed by atoms with E-state index in [-0.39, 0.29) is 33.9 Å². The van der Waals surface area contributed by atoms with Crippen LogP contribution < -0.4 is 0 Å². The summed E-state index contributed by atoms with van der Waals surface area (Å²) >= 11 is 0. The van der Waals surface area contributed by atoms with Crippen LogP contribution in [0.4, 0.5) is 0 Å². The molecule has 6 heteroatoms. The van der Waals surface area contributed by atoms with E-state index in [1.165, 1.54) is 0 Å². The van der Waals surface area contributed by atoms with E-state index in [4.69, 9.17) is 0 Å². The van der Waals surface area contributed by atoms with Gasteiger partial charge in [-0.3, -0.25) is 19.6 Å². The molecule has 0 radical (unpaired) electrons. The van der Waals surface area contributed by atoms with Crippen LogP contribution in [0.1, 0.15) is 79.1 Å². The van der Waals surface area contributed by atoms with Crippen molar-refractivity contribution in [3.8, 4) is 0 Å². The van der Waals surface area contributed by atoms with Gasteiger partial charge in [-0.15, -0.1) is 0 Å². The molecule has 2 rings (SSSR count). The minimum absolute atomic E-state index is 0.0615. The number of Topliss-reactive ketones (excluding diaryl/α,β-unsaturated/α-hetero) is 2. The number of hydrogen-bond donors (Lipinski definition) is 2. The van der Waals surface area contributed by atoms with E-state index in [1.807, 2.05) is 27.7 Å². The fourth-order valence-electron chi connectivity index (χ4n) is 4.45. The summed E-state index contributed by atoms with van der Waals surface area (Å²) in [4.78, 5) is 33.5. The van der Waals surface area contributed by atoms with Gasteiger partial charge in [-0.25, -0.2) is 0 Å². The average molecular weight is 417 g/mol. The first-order valence-corrected chi connectivity index (χ1v) is 10.7. The first-order valence-electron chi connectivity index (χ1n) is 10.7. The highest BCUT2D eigenvalue weighted by molar-refractivity contribution is 6.25. The number of aliphatic hydroxyl groups excluding tert-OH is 2. The van der Waals surface area contributed by atoms with E-state index in [0.717, 1.165) is 0 Å². The summed E-state index contributed by atoms with van der Waals surface area (Å²) in [6, 6.07) is 0. The van der Waals surface area contributed by atoms with E-state index >= 15 is 0 Å². The van der Waals surface area contributed by atoms with Gasteiger partial charge >= 0.3 is 0 Å². The largest absolute Gasteiger partial charge is 0.511 e. The van der Waals surface area contributed by atoms with Crippen molar-refractivity contribution < 1.29 is 19.8 Å². The Morgan fingerprint density at radius 3 is 1.37 bits per heavy atom. The molecule has 2 N–H and O–H groups in total. The van der Waals surface area contributed by atoms with Crippen molar-refractivity contribution >= 4 is 23.0 Å². The summed E-state index contributed by atoms with van der Waals surface area (Å²) in [7, 11) is 3.30. The number of aliphatic imine (C=N–C) groups is 2. The molecule has 2 saturated carbocycles. The Bertz CT molecular complexity index is 771. The minimum Gasteiger partial charge on any atom is -0.511 e. The molecule has 0 aromatic carbocycles. The van der Waals surface area contributed by atoms with Gasteiger partial charge in [0.25, 0.3) is 0 Å². The second-order valence-corrected chi connectivity index (χ2v) is 10.1. The maximum Gasteiger partial charge on any atom is 0.168 e. The van der Waals surface area contributed by atoms with Crippen LogP contribution in [0, 0.1) is 10.8 Å². The summed E-state index contributed by atoms with van der Waals surface area (Å²) in [6.45, 7) is 8.12. The number of nitrogens with zero attached hydrogens (tertiary/aromatic N) is 2. The Morgan fingerprint density at radius 2 is 1.07 bits per heavy atom. The quantitative estimate of drug-likeness (QED) is 0.370. The van der Waals surface area contributed by atoms with Gasteiger partial charge in [-0.05, 0) is 36.5 Å². The van der Waals surface area contributed by atoms with Gasteiger partial charge in [0, 0.05) is 51.2 Å². The van der Waals surface area contributed by atoms with Gasteiger partial charge in [0.2, 0.25) is 0 Å². The second-order valence-electron chi connectivity index (χ2n) is 10.1. The van der Waals surface area contributed by atoms with E-state index in [0.29, 0.717) is 73.9 Å². The smallest absolute Gasteiger partial charge is 0.168 e. The standard InChI is InChI=1S/C24H36N2O4/c1-23(2)11-15(25-5)21(19(29)13-23)17(27)9-7-8-10-18(28)22-16(26-6)12-24(3,4)14-20(22)30/h27-28H,7-14H2,1-6H3. The fraction of sp³-hybridized carbons (Fsp3) is 0.667. The predicted molar refractivity (Wildman–Crippen MR) is 121 cm³/mol. The third-order valence-corrected chi connectivity index (χ3v) is 5.90. The summed E-state index contributed by atoms with van der Waals surface area (Å²) in [6.07, 6.45) is 4.01. The summed E-state index contributed by atoms with van der Waals surface area (Å²) in [5.74, 6) is 0.0335. The van der Waals surface area contributed by atoms with Gasteiger partial charge in [0.05, 0.1) is 11.1 Å². The van der Waals surface area contributed by atoms with Crippen LogP contribution in [0.25, 0.3) is 0 Å². The van der Waals surface area contributed by atoms with Crippen molar-refractivity contribution in [1.29, 1.82) is 0 Å². The SMILES string of the molecule is CN=C1CC(C)(C)CC(=O)C1=C(O)CCCCC(O)=C1C(=O)CC(C)(C)CC1=NC. The molecule has 30 heavy (non-hydrogen) atoms. The van der Waals surface area contributed by atoms with Crippen LogP contribution >= 0.6 is 0 Å². The highest BCUT2D eigenvalue weighted by atomic mass is 16.3. The number of rotatable bonds is 5. The number of carbonyl (C=O) groups excluding carboxylic acids is 2. The van der Waals surface area contributed by atoms with Crippen molar-refractivity contribution in [1.82, 2.24) is 0 Å². The lowest BCUT2D eigenvalue weighted by Crippen LogP contribution is -2.32. The Morgan fingerprint density at radius 1 is 0.733 bits per heavy atom. The molecular formula is C24H36N2O4. The van der Waals surface area contributed by atoms with Crippen molar-refractivity contribution in [2.45, 2.75) is 79.1 Å². The lowest BCUT2D eigenvalue weighted by Gasteiger charge is -2.31. The Kier molecular flexibility index (Phi) is 7.43. The summed E-state index contributed by atoms with van der Waals surface area (Å²) in [5.41, 5.74) is 1.77. The lowest BCUT2D eigenvalue weighted by molar-refractivity contribution is -0.118. The zero-order valence-electron chi connectivity index (χ0n) is 19.3. The maximum absolute atomic E-state index is 12.5. The fourth-order valence-corrected chi connectivity index (χ4v) is 4.45. The molecule has 2 fully saturated rings. The van der Waals surface area contributed by atoms with E-state index < -0.39 is 0 Å². The molecule has 166 valence electrons. The van der Waals surface area contributed by atoms with Gasteiger partial charge in [-0.2, -0.15) is 0 Å². The van der Waals surface area contributed by atoms with Gasteiger partial charge in [0.1, 0.15) is 11.5 Å². The number of ketones is 2. The molecule has 2 aliphatic carbocycles. The second kappa shape index (κ2) is 9.27. The third-order valence-electron chi connectivity index (χ3n) is 5.90. The van der Waals surface area contributed by atoms with E-state index in [1.54, 1.807) is 14.1 Å². The Labute approximate surface area is 179 Å². The van der Waals surface area contributed by atoms with Crippen LogP contribution in [0.2, 0.25) is 0 Å². The molecule has 0 aromatic rings. The van der Waals surface area contributed by atoms with Crippen LogP contribution in [-0.2, 0) is 9.59 Å². The van der Waals surface area contributed by atoms with Crippen molar-refractivity contribution in [2.75, 3.05) is 14.1 Å². The van der Waals surface area contributed by atoms with Gasteiger partial charge in [-0.1, -0.05) is 27.7 Å². The molecular weight excluding hydrogens is 380 g/mol. The maximum atomic E-state index is 12.5. The summed E-state index contributed by atoms with van der Waals surface area (Å²) in [5, 5.41) is 21.1. The Balaban J connectivity index is 2.03. The molecule has 0 spiro atoms. The molecule has 0 amide bonds.